The van der Waals surface area contributed by atoms with Crippen LogP contribution in [-0.2, 0) is 14.8 Å². The van der Waals surface area contributed by atoms with Gasteiger partial charge in [0, 0.05) is 26.0 Å². The highest BCUT2D eigenvalue weighted by atomic mass is 32.2. The third kappa shape index (κ3) is 5.10. The second-order valence-electron chi connectivity index (χ2n) is 3.94. The van der Waals surface area contributed by atoms with Crippen LogP contribution in [0.1, 0.15) is 13.3 Å². The van der Waals surface area contributed by atoms with Gasteiger partial charge in [0.1, 0.15) is 11.4 Å². The van der Waals surface area contributed by atoms with Crippen LogP contribution in [0.4, 0.5) is 13.2 Å². The van der Waals surface area contributed by atoms with Crippen molar-refractivity contribution >= 4 is 10.0 Å². The lowest BCUT2D eigenvalue weighted by Crippen LogP contribution is -2.39. The van der Waals surface area contributed by atoms with E-state index in [1.165, 1.54) is 0 Å². The quantitative estimate of drug-likeness (QED) is 0.736. The summed E-state index contributed by atoms with van der Waals surface area (Å²) in [6, 6.07) is 0. The molecule has 1 aromatic heterocycles. The number of halogens is 3. The molecule has 1 heterocycles. The summed E-state index contributed by atoms with van der Waals surface area (Å²) in [4.78, 5) is -0.293. The van der Waals surface area contributed by atoms with Gasteiger partial charge in [-0.2, -0.15) is 22.6 Å². The molecule has 0 atom stereocenters. The maximum atomic E-state index is 12.5. The molecule has 0 aliphatic carbocycles. The van der Waals surface area contributed by atoms with Gasteiger partial charge in [0.2, 0.25) is 10.0 Å². The number of aromatic amines is 1. The molecule has 0 fully saturated rings. The van der Waals surface area contributed by atoms with Gasteiger partial charge in [0.15, 0.2) is 0 Å². The molecule has 0 bridgehead atoms. The number of alkyl halides is 3. The van der Waals surface area contributed by atoms with E-state index >= 15 is 0 Å². The van der Waals surface area contributed by atoms with E-state index in [2.05, 4.69) is 10.2 Å². The van der Waals surface area contributed by atoms with Crippen LogP contribution in [0.15, 0.2) is 17.3 Å². The normalized spacial score (nSPS) is 13.1. The van der Waals surface area contributed by atoms with Crippen molar-refractivity contribution in [1.29, 1.82) is 0 Å². The minimum absolute atomic E-state index is 0.182. The molecular formula is C10H16F3N3O3S. The number of ether oxygens (including phenoxy) is 1. The first-order chi connectivity index (χ1) is 9.27. The molecule has 0 aromatic carbocycles. The van der Waals surface area contributed by atoms with Gasteiger partial charge in [-0.05, 0) is 13.3 Å². The SMILES string of the molecule is CCOCCCN(CC(F)(F)F)S(=O)(=O)c1cn[nH]c1. The second-order valence-corrected chi connectivity index (χ2v) is 5.88. The predicted octanol–water partition coefficient (Wildman–Crippen LogP) is 1.39. The standard InChI is InChI=1S/C10H16F3N3O3S/c1-2-19-5-3-4-16(8-10(11,12)13)20(17,18)9-6-14-15-7-9/h6-7H,2-5,8H2,1H3,(H,14,15). The van der Waals surface area contributed by atoms with E-state index in [4.69, 9.17) is 4.74 Å². The number of nitrogens with zero attached hydrogens (tertiary/aromatic N) is 2. The molecule has 1 N–H and O–H groups in total. The molecular weight excluding hydrogens is 299 g/mol. The highest BCUT2D eigenvalue weighted by Crippen LogP contribution is 2.22. The molecule has 1 rings (SSSR count). The average molecular weight is 315 g/mol. The predicted molar refractivity (Wildman–Crippen MR) is 64.5 cm³/mol. The first-order valence-electron chi connectivity index (χ1n) is 5.91. The van der Waals surface area contributed by atoms with E-state index in [-0.39, 0.29) is 24.5 Å². The number of hydrogen-bond donors (Lipinski definition) is 1. The first-order valence-corrected chi connectivity index (χ1v) is 7.35. The van der Waals surface area contributed by atoms with Crippen LogP contribution < -0.4 is 0 Å². The van der Waals surface area contributed by atoms with Gasteiger partial charge in [-0.3, -0.25) is 5.10 Å². The van der Waals surface area contributed by atoms with Crippen LogP contribution >= 0.6 is 0 Å². The van der Waals surface area contributed by atoms with Gasteiger partial charge < -0.3 is 4.74 Å². The Kier molecular flexibility index (Phi) is 5.96. The summed E-state index contributed by atoms with van der Waals surface area (Å²) < 4.78 is 67.0. The van der Waals surface area contributed by atoms with E-state index in [0.29, 0.717) is 10.9 Å². The molecule has 0 aliphatic heterocycles. The Morgan fingerprint density at radius 1 is 1.45 bits per heavy atom. The van der Waals surface area contributed by atoms with Crippen molar-refractivity contribution in [1.82, 2.24) is 14.5 Å². The molecule has 20 heavy (non-hydrogen) atoms. The molecule has 1 aromatic rings. The zero-order valence-electron chi connectivity index (χ0n) is 10.9. The highest BCUT2D eigenvalue weighted by Gasteiger charge is 2.37. The van der Waals surface area contributed by atoms with E-state index in [9.17, 15) is 21.6 Å². The Labute approximate surface area is 115 Å². The van der Waals surface area contributed by atoms with Crippen LogP contribution in [0.25, 0.3) is 0 Å². The summed E-state index contributed by atoms with van der Waals surface area (Å²) in [6.07, 6.45) is -2.41. The van der Waals surface area contributed by atoms with E-state index in [1.54, 1.807) is 6.92 Å². The van der Waals surface area contributed by atoms with Crippen molar-refractivity contribution in [2.75, 3.05) is 26.3 Å². The maximum absolute atomic E-state index is 12.5. The first kappa shape index (κ1) is 16.9. The summed E-state index contributed by atoms with van der Waals surface area (Å²) in [6.45, 7) is 0.564. The summed E-state index contributed by atoms with van der Waals surface area (Å²) in [5, 5.41) is 5.71. The molecule has 10 heteroatoms. The minimum Gasteiger partial charge on any atom is -0.382 e. The van der Waals surface area contributed by atoms with E-state index in [0.717, 1.165) is 12.4 Å². The number of sulfonamides is 1. The Morgan fingerprint density at radius 3 is 2.65 bits per heavy atom. The maximum Gasteiger partial charge on any atom is 0.402 e. The largest absolute Gasteiger partial charge is 0.402 e. The smallest absolute Gasteiger partial charge is 0.382 e. The Balaban J connectivity index is 2.81. The number of hydrogen-bond acceptors (Lipinski definition) is 4. The molecule has 0 saturated heterocycles. The van der Waals surface area contributed by atoms with Crippen LogP contribution in [0, 0.1) is 0 Å². The lowest BCUT2D eigenvalue weighted by molar-refractivity contribution is -0.136. The number of rotatable bonds is 8. The van der Waals surface area contributed by atoms with Gasteiger partial charge in [0.05, 0.1) is 6.20 Å². The fourth-order valence-corrected chi connectivity index (χ4v) is 2.87. The molecule has 0 aliphatic rings. The Hall–Kier alpha value is -1.13. The number of aromatic nitrogens is 2. The Morgan fingerprint density at radius 2 is 2.15 bits per heavy atom. The molecule has 116 valence electrons. The lowest BCUT2D eigenvalue weighted by Gasteiger charge is -2.22. The third-order valence-corrected chi connectivity index (χ3v) is 4.18. The molecule has 0 amide bonds. The van der Waals surface area contributed by atoms with Crippen molar-refractivity contribution in [3.8, 4) is 0 Å². The minimum atomic E-state index is -4.61. The van der Waals surface area contributed by atoms with Crippen LogP contribution in [0.5, 0.6) is 0 Å². The van der Waals surface area contributed by atoms with E-state index in [1.807, 2.05) is 0 Å². The summed E-state index contributed by atoms with van der Waals surface area (Å²) in [7, 11) is -4.21. The fraction of sp³-hybridized carbons (Fsp3) is 0.700. The molecule has 6 nitrogen and oxygen atoms in total. The lowest BCUT2D eigenvalue weighted by atomic mass is 10.4. The van der Waals surface area contributed by atoms with Crippen LogP contribution in [0.3, 0.4) is 0 Å². The monoisotopic (exact) mass is 315 g/mol. The molecule has 0 spiro atoms. The summed E-state index contributed by atoms with van der Waals surface area (Å²) in [5.41, 5.74) is 0. The van der Waals surface area contributed by atoms with Crippen molar-refractivity contribution in [3.63, 3.8) is 0 Å². The number of H-pyrrole nitrogens is 1. The molecule has 0 saturated carbocycles. The average Bonchev–Trinajstić information content (AvgIpc) is 2.85. The third-order valence-electron chi connectivity index (χ3n) is 2.37. The van der Waals surface area contributed by atoms with E-state index < -0.39 is 22.7 Å². The van der Waals surface area contributed by atoms with Gasteiger partial charge in [-0.15, -0.1) is 0 Å². The van der Waals surface area contributed by atoms with Gasteiger partial charge in [0.25, 0.3) is 0 Å². The van der Waals surface area contributed by atoms with Crippen molar-refractivity contribution < 1.29 is 26.3 Å². The van der Waals surface area contributed by atoms with Gasteiger partial charge >= 0.3 is 6.18 Å². The van der Waals surface area contributed by atoms with Crippen LogP contribution in [0.2, 0.25) is 0 Å². The summed E-state index contributed by atoms with van der Waals surface area (Å²) in [5.74, 6) is 0. The van der Waals surface area contributed by atoms with Gasteiger partial charge in [-0.1, -0.05) is 0 Å². The van der Waals surface area contributed by atoms with Gasteiger partial charge in [-0.25, -0.2) is 8.42 Å². The van der Waals surface area contributed by atoms with Crippen molar-refractivity contribution in [3.05, 3.63) is 12.4 Å². The molecule has 0 radical (unpaired) electrons. The zero-order valence-corrected chi connectivity index (χ0v) is 11.7. The van der Waals surface area contributed by atoms with Crippen LogP contribution in [-0.4, -0.2) is 55.4 Å². The molecule has 0 unspecified atom stereocenters. The Bertz CT molecular complexity index is 488. The van der Waals surface area contributed by atoms with Crippen molar-refractivity contribution in [2.24, 2.45) is 0 Å². The zero-order chi connectivity index (χ0) is 15.2. The number of nitrogens with one attached hydrogen (secondary N) is 1. The highest BCUT2D eigenvalue weighted by molar-refractivity contribution is 7.89. The topological polar surface area (TPSA) is 75.3 Å². The fourth-order valence-electron chi connectivity index (χ4n) is 1.50. The second kappa shape index (κ2) is 7.04. The summed E-state index contributed by atoms with van der Waals surface area (Å²) >= 11 is 0. The van der Waals surface area contributed by atoms with Crippen molar-refractivity contribution in [2.45, 2.75) is 24.4 Å².